The second-order valence-electron chi connectivity index (χ2n) is 7.77. The molecule has 2 aliphatic heterocycles. The van der Waals surface area contributed by atoms with Crippen molar-refractivity contribution in [3.05, 3.63) is 11.2 Å². The molecule has 176 valence electrons. The number of piperidine rings is 1. The van der Waals surface area contributed by atoms with Gasteiger partial charge in [0, 0.05) is 51.8 Å². The number of likely N-dealkylation sites (tertiary alicyclic amines) is 1. The van der Waals surface area contributed by atoms with Gasteiger partial charge in [-0.2, -0.15) is 0 Å². The Morgan fingerprint density at radius 3 is 2.53 bits per heavy atom. The molecule has 2 fully saturated rings. The first-order valence-corrected chi connectivity index (χ1v) is 12.4. The average molecular weight is 484 g/mol. The number of aromatic nitrogens is 2. The molecule has 1 unspecified atom stereocenters. The van der Waals surface area contributed by atoms with E-state index in [2.05, 4.69) is 14.9 Å². The zero-order valence-corrected chi connectivity index (χ0v) is 20.2. The van der Waals surface area contributed by atoms with E-state index in [1.54, 1.807) is 17.9 Å². The molecule has 1 aromatic rings. The zero-order valence-electron chi connectivity index (χ0n) is 18.6. The number of amides is 2. The Balaban J connectivity index is 1.55. The molecule has 0 bridgehead atoms. The summed E-state index contributed by atoms with van der Waals surface area (Å²) in [6, 6.07) is 1.71. The topological polar surface area (TPSA) is 95.9 Å². The number of carbonyl (C=O) groups excluding carboxylic acids is 3. The minimum atomic E-state index is -0.259. The first-order valence-electron chi connectivity index (χ1n) is 11.1. The molecular weight excluding hydrogens is 454 g/mol. The van der Waals surface area contributed by atoms with Gasteiger partial charge in [0.25, 0.3) is 0 Å². The SMILES string of the molecule is CCOC(=O)C1CCCN(C(=O)CSc2nc(Cl)cc(N3CCN(C(=O)CC)CC3)n2)C1. The van der Waals surface area contributed by atoms with Crippen molar-refractivity contribution in [2.45, 2.75) is 38.3 Å². The third-order valence-electron chi connectivity index (χ3n) is 5.64. The number of ether oxygens (including phenoxy) is 1. The summed E-state index contributed by atoms with van der Waals surface area (Å²) in [6.45, 7) is 7.65. The van der Waals surface area contributed by atoms with Crippen molar-refractivity contribution in [3.8, 4) is 0 Å². The van der Waals surface area contributed by atoms with Crippen LogP contribution in [0.2, 0.25) is 5.15 Å². The molecule has 0 aliphatic carbocycles. The summed E-state index contributed by atoms with van der Waals surface area (Å²) in [5.74, 6) is 0.479. The van der Waals surface area contributed by atoms with Gasteiger partial charge in [0.2, 0.25) is 11.8 Å². The monoisotopic (exact) mass is 483 g/mol. The second-order valence-corrected chi connectivity index (χ2v) is 9.10. The van der Waals surface area contributed by atoms with E-state index in [-0.39, 0.29) is 29.5 Å². The first-order chi connectivity index (χ1) is 15.4. The number of hydrogen-bond donors (Lipinski definition) is 0. The van der Waals surface area contributed by atoms with Crippen molar-refractivity contribution in [1.29, 1.82) is 0 Å². The summed E-state index contributed by atoms with van der Waals surface area (Å²) in [7, 11) is 0. The van der Waals surface area contributed by atoms with Gasteiger partial charge in [0.15, 0.2) is 5.16 Å². The summed E-state index contributed by atoms with van der Waals surface area (Å²) >= 11 is 7.45. The van der Waals surface area contributed by atoms with Crippen LogP contribution in [0.15, 0.2) is 11.2 Å². The van der Waals surface area contributed by atoms with Crippen molar-refractivity contribution in [1.82, 2.24) is 19.8 Å². The van der Waals surface area contributed by atoms with Crippen LogP contribution in [0.25, 0.3) is 0 Å². The van der Waals surface area contributed by atoms with Crippen LogP contribution in [0.3, 0.4) is 0 Å². The van der Waals surface area contributed by atoms with Gasteiger partial charge in [-0.1, -0.05) is 30.3 Å². The molecule has 11 heteroatoms. The van der Waals surface area contributed by atoms with Crippen LogP contribution in [-0.2, 0) is 19.1 Å². The Morgan fingerprint density at radius 2 is 1.84 bits per heavy atom. The first kappa shape index (κ1) is 24.6. The summed E-state index contributed by atoms with van der Waals surface area (Å²) in [4.78, 5) is 51.1. The predicted octanol–water partition coefficient (Wildman–Crippen LogP) is 2.08. The second kappa shape index (κ2) is 11.7. The van der Waals surface area contributed by atoms with Crippen molar-refractivity contribution >= 4 is 47.0 Å². The van der Waals surface area contributed by atoms with E-state index >= 15 is 0 Å². The fourth-order valence-corrected chi connectivity index (χ4v) is 4.88. The Bertz CT molecular complexity index is 834. The maximum absolute atomic E-state index is 12.7. The van der Waals surface area contributed by atoms with Crippen LogP contribution in [0.1, 0.15) is 33.1 Å². The van der Waals surface area contributed by atoms with Gasteiger partial charge in [-0.15, -0.1) is 0 Å². The number of thioether (sulfide) groups is 1. The normalized spacial score (nSPS) is 19.1. The molecule has 1 aromatic heterocycles. The fourth-order valence-electron chi connectivity index (χ4n) is 3.89. The van der Waals surface area contributed by atoms with Gasteiger partial charge < -0.3 is 19.4 Å². The van der Waals surface area contributed by atoms with Gasteiger partial charge in [-0.25, -0.2) is 9.97 Å². The molecule has 3 heterocycles. The third kappa shape index (κ3) is 6.48. The lowest BCUT2D eigenvalue weighted by molar-refractivity contribution is -0.151. The molecule has 0 N–H and O–H groups in total. The van der Waals surface area contributed by atoms with Crippen molar-refractivity contribution in [2.75, 3.05) is 56.5 Å². The molecule has 0 radical (unpaired) electrons. The quantitative estimate of drug-likeness (QED) is 0.252. The Labute approximate surface area is 197 Å². The molecule has 9 nitrogen and oxygen atoms in total. The Morgan fingerprint density at radius 1 is 1.09 bits per heavy atom. The highest BCUT2D eigenvalue weighted by Gasteiger charge is 2.29. The van der Waals surface area contributed by atoms with Crippen LogP contribution < -0.4 is 4.90 Å². The minimum Gasteiger partial charge on any atom is -0.466 e. The van der Waals surface area contributed by atoms with Crippen LogP contribution in [0, 0.1) is 5.92 Å². The number of rotatable bonds is 7. The summed E-state index contributed by atoms with van der Waals surface area (Å²) in [5, 5.41) is 0.754. The summed E-state index contributed by atoms with van der Waals surface area (Å²) in [5.41, 5.74) is 0. The zero-order chi connectivity index (χ0) is 23.1. The molecule has 0 aromatic carbocycles. The maximum Gasteiger partial charge on any atom is 0.310 e. The van der Waals surface area contributed by atoms with E-state index in [0.29, 0.717) is 68.4 Å². The van der Waals surface area contributed by atoms with Crippen molar-refractivity contribution in [2.24, 2.45) is 5.92 Å². The largest absolute Gasteiger partial charge is 0.466 e. The summed E-state index contributed by atoms with van der Waals surface area (Å²) in [6.07, 6.45) is 2.03. The van der Waals surface area contributed by atoms with Crippen LogP contribution in [-0.4, -0.2) is 89.2 Å². The molecule has 0 saturated carbocycles. The Hall–Kier alpha value is -2.07. The van der Waals surface area contributed by atoms with E-state index in [4.69, 9.17) is 16.3 Å². The van der Waals surface area contributed by atoms with Gasteiger partial charge in [0.05, 0.1) is 18.3 Å². The molecule has 1 atom stereocenters. The number of piperazine rings is 1. The van der Waals surface area contributed by atoms with E-state index in [0.717, 1.165) is 12.8 Å². The number of nitrogens with zero attached hydrogens (tertiary/aromatic N) is 5. The number of hydrogen-bond acceptors (Lipinski definition) is 8. The van der Waals surface area contributed by atoms with E-state index in [9.17, 15) is 14.4 Å². The fraction of sp³-hybridized carbons (Fsp3) is 0.667. The number of esters is 1. The van der Waals surface area contributed by atoms with Crippen LogP contribution >= 0.6 is 23.4 Å². The molecule has 2 aliphatic rings. The maximum atomic E-state index is 12.7. The van der Waals surface area contributed by atoms with Gasteiger partial charge >= 0.3 is 5.97 Å². The molecule has 0 spiro atoms. The van der Waals surface area contributed by atoms with E-state index < -0.39 is 0 Å². The van der Waals surface area contributed by atoms with Crippen LogP contribution in [0.4, 0.5) is 5.82 Å². The standard InChI is InChI=1S/C21H30ClN5O4S/c1-3-18(28)26-10-8-25(9-11-26)17-12-16(22)23-21(24-17)32-14-19(29)27-7-5-6-15(13-27)20(30)31-4-2/h12,15H,3-11,13-14H2,1-2H3. The lowest BCUT2D eigenvalue weighted by Gasteiger charge is -2.35. The average Bonchev–Trinajstić information content (AvgIpc) is 2.82. The van der Waals surface area contributed by atoms with Gasteiger partial charge in [-0.3, -0.25) is 14.4 Å². The highest BCUT2D eigenvalue weighted by atomic mass is 35.5. The number of anilines is 1. The van der Waals surface area contributed by atoms with Crippen molar-refractivity contribution < 1.29 is 19.1 Å². The van der Waals surface area contributed by atoms with Crippen molar-refractivity contribution in [3.63, 3.8) is 0 Å². The predicted molar refractivity (Wildman–Crippen MR) is 123 cm³/mol. The van der Waals surface area contributed by atoms with Gasteiger partial charge in [-0.05, 0) is 19.8 Å². The molecule has 3 rings (SSSR count). The van der Waals surface area contributed by atoms with E-state index in [1.165, 1.54) is 11.8 Å². The van der Waals surface area contributed by atoms with E-state index in [1.807, 2.05) is 11.8 Å². The smallest absolute Gasteiger partial charge is 0.310 e. The number of carbonyl (C=O) groups is 3. The highest BCUT2D eigenvalue weighted by Crippen LogP contribution is 2.24. The van der Waals surface area contributed by atoms with Gasteiger partial charge in [0.1, 0.15) is 11.0 Å². The lowest BCUT2D eigenvalue weighted by Crippen LogP contribution is -2.48. The molecule has 2 saturated heterocycles. The van der Waals surface area contributed by atoms with Crippen LogP contribution in [0.5, 0.6) is 0 Å². The molecule has 2 amide bonds. The Kier molecular flexibility index (Phi) is 8.98. The lowest BCUT2D eigenvalue weighted by atomic mass is 9.98. The minimum absolute atomic E-state index is 0.0548. The third-order valence-corrected chi connectivity index (χ3v) is 6.66. The molecule has 32 heavy (non-hydrogen) atoms. The number of halogens is 1. The highest BCUT2D eigenvalue weighted by molar-refractivity contribution is 7.99. The summed E-state index contributed by atoms with van der Waals surface area (Å²) < 4.78 is 5.11. The molecular formula is C21H30ClN5O4S.